The van der Waals surface area contributed by atoms with Gasteiger partial charge in [-0.25, -0.2) is 8.42 Å². The molecular formula is C12H22N4O2S. The van der Waals surface area contributed by atoms with Gasteiger partial charge in [0.05, 0.1) is 5.75 Å². The third kappa shape index (κ3) is 5.02. The van der Waals surface area contributed by atoms with E-state index in [1.165, 1.54) is 0 Å². The van der Waals surface area contributed by atoms with Crippen LogP contribution in [-0.2, 0) is 10.0 Å². The molecule has 0 unspecified atom stereocenters. The lowest BCUT2D eigenvalue weighted by Gasteiger charge is -2.21. The summed E-state index contributed by atoms with van der Waals surface area (Å²) in [7, 11) is -3.29. The van der Waals surface area contributed by atoms with Crippen LogP contribution in [0.25, 0.3) is 0 Å². The second-order valence-electron chi connectivity index (χ2n) is 4.27. The number of rotatable bonds is 8. The van der Waals surface area contributed by atoms with Crippen LogP contribution >= 0.6 is 0 Å². The van der Waals surface area contributed by atoms with Crippen LogP contribution in [0.3, 0.4) is 0 Å². The van der Waals surface area contributed by atoms with Crippen LogP contribution in [0.4, 0.5) is 11.6 Å². The molecule has 6 nitrogen and oxygen atoms in total. The zero-order valence-corrected chi connectivity index (χ0v) is 12.6. The summed E-state index contributed by atoms with van der Waals surface area (Å²) in [5.74, 6) is 1.07. The molecule has 0 fully saturated rings. The highest BCUT2D eigenvalue weighted by molar-refractivity contribution is 7.92. The first-order valence-corrected chi connectivity index (χ1v) is 8.26. The van der Waals surface area contributed by atoms with Crippen LogP contribution < -0.4 is 9.62 Å². The third-order valence-corrected chi connectivity index (χ3v) is 3.88. The van der Waals surface area contributed by atoms with Crippen molar-refractivity contribution >= 4 is 21.7 Å². The van der Waals surface area contributed by atoms with Gasteiger partial charge in [0.15, 0.2) is 11.6 Å². The number of hydrogen-bond acceptors (Lipinski definition) is 5. The Labute approximate surface area is 115 Å². The molecule has 1 N–H and O–H groups in total. The molecule has 1 rings (SSSR count). The molecule has 0 radical (unpaired) electrons. The van der Waals surface area contributed by atoms with Gasteiger partial charge >= 0.3 is 0 Å². The Balaban J connectivity index is 2.79. The van der Waals surface area contributed by atoms with Crippen molar-refractivity contribution in [1.29, 1.82) is 0 Å². The van der Waals surface area contributed by atoms with Crippen molar-refractivity contribution in [2.24, 2.45) is 0 Å². The van der Waals surface area contributed by atoms with Gasteiger partial charge in [0.25, 0.3) is 0 Å². The minimum atomic E-state index is -3.29. The van der Waals surface area contributed by atoms with E-state index in [4.69, 9.17) is 0 Å². The Hall–Kier alpha value is -1.37. The summed E-state index contributed by atoms with van der Waals surface area (Å²) in [5.41, 5.74) is 0. The molecule has 0 bridgehead atoms. The lowest BCUT2D eigenvalue weighted by Crippen LogP contribution is -2.26. The van der Waals surface area contributed by atoms with Gasteiger partial charge in [0, 0.05) is 13.1 Å². The molecule has 0 amide bonds. The molecule has 0 saturated carbocycles. The topological polar surface area (TPSA) is 75.2 Å². The van der Waals surface area contributed by atoms with Crippen molar-refractivity contribution in [2.75, 3.05) is 28.5 Å². The van der Waals surface area contributed by atoms with Crippen molar-refractivity contribution in [3.8, 4) is 0 Å². The molecule has 1 heterocycles. The summed E-state index contributed by atoms with van der Waals surface area (Å²) < 4.78 is 25.2. The van der Waals surface area contributed by atoms with Crippen LogP contribution in [0.15, 0.2) is 12.1 Å². The number of hydrogen-bond donors (Lipinski definition) is 1. The number of sulfonamides is 1. The first kappa shape index (κ1) is 15.7. The van der Waals surface area contributed by atoms with Gasteiger partial charge in [-0.3, -0.25) is 4.72 Å². The van der Waals surface area contributed by atoms with E-state index in [1.807, 2.05) is 0 Å². The molecule has 0 aliphatic carbocycles. The highest BCUT2D eigenvalue weighted by Gasteiger charge is 2.10. The average molecular weight is 286 g/mol. The fourth-order valence-electron chi connectivity index (χ4n) is 1.66. The maximum atomic E-state index is 11.4. The molecular weight excluding hydrogens is 264 g/mol. The molecule has 19 heavy (non-hydrogen) atoms. The fourth-order valence-corrected chi connectivity index (χ4v) is 2.23. The molecule has 0 atom stereocenters. The molecule has 1 aromatic heterocycles. The zero-order chi connectivity index (χ0) is 14.3. The van der Waals surface area contributed by atoms with E-state index >= 15 is 0 Å². The van der Waals surface area contributed by atoms with Crippen molar-refractivity contribution in [3.63, 3.8) is 0 Å². The molecule has 1 aromatic rings. The number of nitrogens with one attached hydrogen (secondary N) is 1. The van der Waals surface area contributed by atoms with E-state index < -0.39 is 10.0 Å². The van der Waals surface area contributed by atoms with Crippen molar-refractivity contribution in [2.45, 2.75) is 33.6 Å². The normalized spacial score (nSPS) is 11.3. The van der Waals surface area contributed by atoms with Crippen molar-refractivity contribution in [1.82, 2.24) is 10.2 Å². The Bertz CT molecular complexity index is 467. The first-order chi connectivity index (χ1) is 9.02. The predicted molar refractivity (Wildman–Crippen MR) is 77.9 cm³/mol. The van der Waals surface area contributed by atoms with Crippen LogP contribution in [0.1, 0.15) is 33.6 Å². The zero-order valence-electron chi connectivity index (χ0n) is 11.8. The van der Waals surface area contributed by atoms with E-state index in [2.05, 4.69) is 33.7 Å². The van der Waals surface area contributed by atoms with E-state index in [-0.39, 0.29) is 11.6 Å². The standard InChI is InChI=1S/C12H22N4O2S/c1-4-9-16(10-5-2)12-8-7-11(13-14-12)15-19(17,18)6-3/h7-8H,4-6,9-10H2,1-3H3,(H,13,15). The lowest BCUT2D eigenvalue weighted by molar-refractivity contribution is 0.602. The Morgan fingerprint density at radius 1 is 1.11 bits per heavy atom. The monoisotopic (exact) mass is 286 g/mol. The first-order valence-electron chi connectivity index (χ1n) is 6.61. The fraction of sp³-hybridized carbons (Fsp3) is 0.667. The molecule has 0 aliphatic rings. The predicted octanol–water partition coefficient (Wildman–Crippen LogP) is 1.86. The smallest absolute Gasteiger partial charge is 0.233 e. The Kier molecular flexibility index (Phi) is 6.01. The number of anilines is 2. The molecule has 0 saturated heterocycles. The minimum Gasteiger partial charge on any atom is -0.355 e. The van der Waals surface area contributed by atoms with Gasteiger partial charge in [-0.15, -0.1) is 10.2 Å². The lowest BCUT2D eigenvalue weighted by atomic mass is 10.3. The van der Waals surface area contributed by atoms with Crippen molar-refractivity contribution < 1.29 is 8.42 Å². The van der Waals surface area contributed by atoms with Crippen molar-refractivity contribution in [3.05, 3.63) is 12.1 Å². The third-order valence-electron chi connectivity index (χ3n) is 2.60. The summed E-state index contributed by atoms with van der Waals surface area (Å²) in [4.78, 5) is 2.14. The Morgan fingerprint density at radius 2 is 1.74 bits per heavy atom. The van der Waals surface area contributed by atoms with E-state index in [9.17, 15) is 8.42 Å². The maximum absolute atomic E-state index is 11.4. The second-order valence-corrected chi connectivity index (χ2v) is 6.28. The number of nitrogens with zero attached hydrogens (tertiary/aromatic N) is 3. The molecule has 0 spiro atoms. The summed E-state index contributed by atoms with van der Waals surface area (Å²) in [5, 5.41) is 8.00. The summed E-state index contributed by atoms with van der Waals surface area (Å²) in [6.45, 7) is 7.64. The van der Waals surface area contributed by atoms with E-state index in [0.29, 0.717) is 0 Å². The minimum absolute atomic E-state index is 0.0220. The molecule has 7 heteroatoms. The van der Waals surface area contributed by atoms with Crippen LogP contribution in [-0.4, -0.2) is 37.5 Å². The molecule has 0 aliphatic heterocycles. The Morgan fingerprint density at radius 3 is 2.16 bits per heavy atom. The molecule has 0 aromatic carbocycles. The van der Waals surface area contributed by atoms with E-state index in [0.717, 1.165) is 31.7 Å². The van der Waals surface area contributed by atoms with Gasteiger partial charge in [0.2, 0.25) is 10.0 Å². The highest BCUT2D eigenvalue weighted by Crippen LogP contribution is 2.13. The van der Waals surface area contributed by atoms with Crippen LogP contribution in [0.2, 0.25) is 0 Å². The SMILES string of the molecule is CCCN(CCC)c1ccc(NS(=O)(=O)CC)nn1. The summed E-state index contributed by atoms with van der Waals surface area (Å²) in [6, 6.07) is 3.44. The largest absolute Gasteiger partial charge is 0.355 e. The van der Waals surface area contributed by atoms with Crippen LogP contribution in [0.5, 0.6) is 0 Å². The summed E-state index contributed by atoms with van der Waals surface area (Å²) >= 11 is 0. The van der Waals surface area contributed by atoms with Gasteiger partial charge in [0.1, 0.15) is 0 Å². The number of aromatic nitrogens is 2. The quantitative estimate of drug-likeness (QED) is 0.789. The maximum Gasteiger partial charge on any atom is 0.233 e. The van der Waals surface area contributed by atoms with Gasteiger partial charge in [-0.05, 0) is 31.9 Å². The molecule has 108 valence electrons. The second kappa shape index (κ2) is 7.28. The van der Waals surface area contributed by atoms with E-state index in [1.54, 1.807) is 19.1 Å². The van der Waals surface area contributed by atoms with Crippen LogP contribution in [0, 0.1) is 0 Å². The van der Waals surface area contributed by atoms with Gasteiger partial charge < -0.3 is 4.90 Å². The highest BCUT2D eigenvalue weighted by atomic mass is 32.2. The van der Waals surface area contributed by atoms with Gasteiger partial charge in [-0.1, -0.05) is 13.8 Å². The average Bonchev–Trinajstić information content (AvgIpc) is 2.39. The van der Waals surface area contributed by atoms with Gasteiger partial charge in [-0.2, -0.15) is 0 Å². The summed E-state index contributed by atoms with van der Waals surface area (Å²) in [6.07, 6.45) is 2.07.